The van der Waals surface area contributed by atoms with Gasteiger partial charge in [-0.15, -0.1) is 0 Å². The molecule has 29 heavy (non-hydrogen) atoms. The fourth-order valence-electron chi connectivity index (χ4n) is 4.30. The third-order valence-electron chi connectivity index (χ3n) is 5.73. The Bertz CT molecular complexity index is 1050. The summed E-state index contributed by atoms with van der Waals surface area (Å²) >= 11 is 0. The maximum absolute atomic E-state index is 5.27. The SMILES string of the molecule is COCCn1nc(C)c2nc(N3CC4CC3CN4)nc(Nc3cc(C)ccn3)c21. The molecule has 2 atom stereocenters. The molecule has 9 nitrogen and oxygen atoms in total. The molecule has 5 heterocycles. The average Bonchev–Trinajstić information content (AvgIpc) is 3.41. The highest BCUT2D eigenvalue weighted by molar-refractivity contribution is 5.90. The standard InChI is InChI=1S/C20H26N8O/c1-12-4-5-21-16(8-12)23-19-18-17(13(2)26-28(18)6-7-29-3)24-20(25-19)27-11-14-9-15(27)10-22-14/h4-5,8,14-15,22H,6-7,9-11H2,1-3H3,(H,21,23,24,25). The molecule has 9 heteroatoms. The number of nitrogens with one attached hydrogen (secondary N) is 2. The number of pyridine rings is 1. The molecule has 2 unspecified atom stereocenters. The van der Waals surface area contributed by atoms with Crippen LogP contribution in [-0.2, 0) is 11.3 Å². The molecule has 2 N–H and O–H groups in total. The number of aromatic nitrogens is 5. The molecule has 2 bridgehead atoms. The van der Waals surface area contributed by atoms with Gasteiger partial charge in [-0.1, -0.05) is 0 Å². The Kier molecular flexibility index (Phi) is 4.56. The predicted molar refractivity (Wildman–Crippen MR) is 112 cm³/mol. The van der Waals surface area contributed by atoms with Crippen LogP contribution in [0.3, 0.4) is 0 Å². The summed E-state index contributed by atoms with van der Waals surface area (Å²) in [6.07, 6.45) is 2.95. The highest BCUT2D eigenvalue weighted by Crippen LogP contribution is 2.32. The minimum atomic E-state index is 0.450. The lowest BCUT2D eigenvalue weighted by molar-refractivity contribution is 0.185. The zero-order chi connectivity index (χ0) is 20.0. The summed E-state index contributed by atoms with van der Waals surface area (Å²) in [5, 5.41) is 11.7. The van der Waals surface area contributed by atoms with E-state index in [2.05, 4.69) is 27.4 Å². The van der Waals surface area contributed by atoms with E-state index < -0.39 is 0 Å². The first-order chi connectivity index (χ1) is 14.1. The molecule has 3 aromatic rings. The van der Waals surface area contributed by atoms with Gasteiger partial charge in [0.05, 0.1) is 18.8 Å². The summed E-state index contributed by atoms with van der Waals surface area (Å²) in [6, 6.07) is 4.97. The summed E-state index contributed by atoms with van der Waals surface area (Å²) < 4.78 is 7.19. The van der Waals surface area contributed by atoms with E-state index in [4.69, 9.17) is 19.8 Å². The van der Waals surface area contributed by atoms with Gasteiger partial charge in [-0.3, -0.25) is 4.68 Å². The van der Waals surface area contributed by atoms with Crippen LogP contribution in [0.4, 0.5) is 17.6 Å². The smallest absolute Gasteiger partial charge is 0.228 e. The molecule has 5 rings (SSSR count). The lowest BCUT2D eigenvalue weighted by atomic mass is 10.2. The summed E-state index contributed by atoms with van der Waals surface area (Å²) in [6.45, 7) is 7.18. The molecule has 3 aromatic heterocycles. The van der Waals surface area contributed by atoms with E-state index in [0.717, 1.165) is 59.4 Å². The molecule has 0 saturated carbocycles. The van der Waals surface area contributed by atoms with Gasteiger partial charge in [-0.25, -0.2) is 9.97 Å². The van der Waals surface area contributed by atoms with E-state index in [1.807, 2.05) is 23.7 Å². The normalized spacial score (nSPS) is 20.7. The first kappa shape index (κ1) is 18.3. The second-order valence-electron chi connectivity index (χ2n) is 7.86. The van der Waals surface area contributed by atoms with Gasteiger partial charge in [-0.2, -0.15) is 10.1 Å². The number of rotatable bonds is 6. The van der Waals surface area contributed by atoms with Gasteiger partial charge in [-0.05, 0) is 38.0 Å². The van der Waals surface area contributed by atoms with Crippen LogP contribution in [-0.4, -0.2) is 63.6 Å². The van der Waals surface area contributed by atoms with Gasteiger partial charge in [0.15, 0.2) is 5.82 Å². The highest BCUT2D eigenvalue weighted by Gasteiger charge is 2.39. The summed E-state index contributed by atoms with van der Waals surface area (Å²) in [7, 11) is 1.69. The largest absolute Gasteiger partial charge is 0.383 e. The Morgan fingerprint density at radius 1 is 1.31 bits per heavy atom. The second-order valence-corrected chi connectivity index (χ2v) is 7.86. The quantitative estimate of drug-likeness (QED) is 0.654. The maximum atomic E-state index is 5.27. The van der Waals surface area contributed by atoms with Gasteiger partial charge in [0.25, 0.3) is 0 Å². The number of hydrogen-bond acceptors (Lipinski definition) is 8. The van der Waals surface area contributed by atoms with Crippen LogP contribution in [0.15, 0.2) is 18.3 Å². The fraction of sp³-hybridized carbons (Fsp3) is 0.500. The van der Waals surface area contributed by atoms with Crippen molar-refractivity contribution in [3.8, 4) is 0 Å². The number of nitrogens with zero attached hydrogens (tertiary/aromatic N) is 6. The van der Waals surface area contributed by atoms with Crippen molar-refractivity contribution in [2.75, 3.05) is 37.0 Å². The fourth-order valence-corrected chi connectivity index (χ4v) is 4.30. The monoisotopic (exact) mass is 394 g/mol. The number of piperazine rings is 1. The molecule has 2 saturated heterocycles. The second kappa shape index (κ2) is 7.23. The predicted octanol–water partition coefficient (Wildman–Crippen LogP) is 1.78. The molecule has 0 aromatic carbocycles. The summed E-state index contributed by atoms with van der Waals surface area (Å²) in [4.78, 5) is 16.6. The molecule has 0 aliphatic carbocycles. The molecule has 0 spiro atoms. The van der Waals surface area contributed by atoms with Gasteiger partial charge in [0.1, 0.15) is 16.9 Å². The zero-order valence-electron chi connectivity index (χ0n) is 17.0. The Hall–Kier alpha value is -2.78. The summed E-state index contributed by atoms with van der Waals surface area (Å²) in [5.74, 6) is 2.25. The van der Waals surface area contributed by atoms with Crippen molar-refractivity contribution < 1.29 is 4.74 Å². The average molecular weight is 394 g/mol. The molecule has 0 amide bonds. The molecule has 2 fully saturated rings. The van der Waals surface area contributed by atoms with Crippen LogP contribution >= 0.6 is 0 Å². The Balaban J connectivity index is 1.62. The third-order valence-corrected chi connectivity index (χ3v) is 5.73. The Labute approximate surface area is 169 Å². The topological polar surface area (TPSA) is 93.0 Å². The number of hydrogen-bond donors (Lipinski definition) is 2. The van der Waals surface area contributed by atoms with Crippen molar-refractivity contribution in [2.45, 2.75) is 38.9 Å². The number of aryl methyl sites for hydroxylation is 2. The van der Waals surface area contributed by atoms with E-state index in [9.17, 15) is 0 Å². The van der Waals surface area contributed by atoms with Crippen LogP contribution in [0.5, 0.6) is 0 Å². The molecule has 2 aliphatic heterocycles. The van der Waals surface area contributed by atoms with E-state index in [0.29, 0.717) is 25.2 Å². The lowest BCUT2D eigenvalue weighted by Gasteiger charge is -2.27. The van der Waals surface area contributed by atoms with Crippen LogP contribution < -0.4 is 15.5 Å². The molecule has 152 valence electrons. The zero-order valence-corrected chi connectivity index (χ0v) is 17.0. The van der Waals surface area contributed by atoms with Crippen molar-refractivity contribution in [3.63, 3.8) is 0 Å². The number of ether oxygens (including phenoxy) is 1. The highest BCUT2D eigenvalue weighted by atomic mass is 16.5. The Morgan fingerprint density at radius 3 is 2.93 bits per heavy atom. The van der Waals surface area contributed by atoms with Gasteiger partial charge in [0, 0.05) is 38.5 Å². The van der Waals surface area contributed by atoms with Gasteiger partial charge >= 0.3 is 0 Å². The van der Waals surface area contributed by atoms with Gasteiger partial charge in [0.2, 0.25) is 5.95 Å². The van der Waals surface area contributed by atoms with Crippen molar-refractivity contribution in [2.24, 2.45) is 0 Å². The number of fused-ring (bicyclic) bond motifs is 3. The first-order valence-corrected chi connectivity index (χ1v) is 10.1. The van der Waals surface area contributed by atoms with E-state index in [1.54, 1.807) is 13.3 Å². The van der Waals surface area contributed by atoms with Gasteiger partial charge < -0.3 is 20.3 Å². The lowest BCUT2D eigenvalue weighted by Crippen LogP contribution is -2.44. The molecule has 0 radical (unpaired) electrons. The van der Waals surface area contributed by atoms with E-state index in [-0.39, 0.29) is 0 Å². The summed E-state index contributed by atoms with van der Waals surface area (Å²) in [5.41, 5.74) is 3.79. The van der Waals surface area contributed by atoms with Crippen LogP contribution in [0.25, 0.3) is 11.0 Å². The van der Waals surface area contributed by atoms with Crippen LogP contribution in [0, 0.1) is 13.8 Å². The van der Waals surface area contributed by atoms with Crippen LogP contribution in [0.2, 0.25) is 0 Å². The maximum Gasteiger partial charge on any atom is 0.228 e. The first-order valence-electron chi connectivity index (χ1n) is 10.1. The van der Waals surface area contributed by atoms with Crippen molar-refractivity contribution in [1.82, 2.24) is 30.0 Å². The minimum absolute atomic E-state index is 0.450. The molecular weight excluding hydrogens is 368 g/mol. The van der Waals surface area contributed by atoms with E-state index >= 15 is 0 Å². The van der Waals surface area contributed by atoms with Crippen molar-refractivity contribution in [1.29, 1.82) is 0 Å². The number of anilines is 3. The van der Waals surface area contributed by atoms with Crippen molar-refractivity contribution in [3.05, 3.63) is 29.6 Å². The minimum Gasteiger partial charge on any atom is -0.383 e. The van der Waals surface area contributed by atoms with Crippen molar-refractivity contribution >= 4 is 28.6 Å². The Morgan fingerprint density at radius 2 is 2.21 bits per heavy atom. The van der Waals surface area contributed by atoms with E-state index in [1.165, 1.54) is 0 Å². The third kappa shape index (κ3) is 3.30. The molecule has 2 aliphatic rings. The van der Waals surface area contributed by atoms with Crippen LogP contribution in [0.1, 0.15) is 17.7 Å². The molecular formula is C20H26N8O. The number of methoxy groups -OCH3 is 1.